The van der Waals surface area contributed by atoms with Crippen LogP contribution in [-0.2, 0) is 48.4 Å². The Kier molecular flexibility index (Phi) is 34.9. The summed E-state index contributed by atoms with van der Waals surface area (Å²) >= 11 is 30.7. The Morgan fingerprint density at radius 2 is 0.719 bits per heavy atom. The second-order valence-corrected chi connectivity index (χ2v) is 30.9. The topological polar surface area (TPSA) is 181 Å². The molecule has 0 saturated carbocycles. The largest absolute Gasteiger partial charge is 0.497 e. The molecule has 4 heterocycles. The minimum atomic E-state index is -3.22. The third-order valence-electron chi connectivity index (χ3n) is 12.5. The number of hydrogen-bond acceptors (Lipinski definition) is 13. The van der Waals surface area contributed by atoms with Gasteiger partial charge in [0, 0.05) is 68.8 Å². The van der Waals surface area contributed by atoms with E-state index in [1.54, 1.807) is 67.1 Å². The fourth-order valence-corrected chi connectivity index (χ4v) is 10.7. The van der Waals surface area contributed by atoms with Gasteiger partial charge in [-0.1, -0.05) is 40.2 Å². The van der Waals surface area contributed by atoms with Gasteiger partial charge < -0.3 is 18.9 Å². The molecule has 0 aliphatic heterocycles. The molecule has 0 atom stereocenters. The molecule has 89 heavy (non-hydrogen) atoms. The molecule has 0 N–H and O–H groups in total. The summed E-state index contributed by atoms with van der Waals surface area (Å²) in [6.07, 6.45) is 11.5. The monoisotopic (exact) mass is 1600 g/mol. The number of ketones is 3. The zero-order valence-corrected chi connectivity index (χ0v) is 62.6. The fourth-order valence-electron chi connectivity index (χ4n) is 8.78. The maximum atomic E-state index is 11.6. The molecule has 472 valence electrons. The van der Waals surface area contributed by atoms with Gasteiger partial charge in [-0.05, 0) is 310 Å². The number of ether oxygens (including phenoxy) is 4. The van der Waals surface area contributed by atoms with E-state index in [-0.39, 0.29) is 17.3 Å². The van der Waals surface area contributed by atoms with Gasteiger partial charge in [-0.3, -0.25) is 33.9 Å². The van der Waals surface area contributed by atoms with Crippen molar-refractivity contribution >= 4 is 136 Å². The minimum Gasteiger partial charge on any atom is -0.497 e. The number of hydrogen-bond donors (Lipinski definition) is 0. The van der Waals surface area contributed by atoms with Crippen LogP contribution in [0.4, 0.5) is 0 Å². The molecule has 8 rings (SSSR count). The van der Waals surface area contributed by atoms with Crippen LogP contribution in [0.5, 0.6) is 23.0 Å². The van der Waals surface area contributed by atoms with E-state index < -0.39 is 5.20 Å². The first-order valence-electron chi connectivity index (χ1n) is 27.3. The van der Waals surface area contributed by atoms with Gasteiger partial charge in [0.25, 0.3) is 0 Å². The SMILES string of the molecule is CC(=O)c1ncc(Br)cc1C.COc1cc(C)cc(CBr)c1.COc1cc(C)cc(CCc2cc(Br)cnc2C#N)c1.COc1cc(C)cc(CCc2cc(Br)cnc2C(C)=O)c1.COc1cc(C)cc(CCc2cc(Br)cnc2C(C)=O)c1.O=P(Cl)(Cl)Cl. The Hall–Kier alpha value is -5.32. The summed E-state index contributed by atoms with van der Waals surface area (Å²) in [5.41, 5.74) is 15.5. The lowest BCUT2D eigenvalue weighted by Crippen LogP contribution is -2.05. The molecule has 0 aliphatic carbocycles. The van der Waals surface area contributed by atoms with Crippen molar-refractivity contribution in [3.05, 3.63) is 229 Å². The lowest BCUT2D eigenvalue weighted by atomic mass is 10.0. The van der Waals surface area contributed by atoms with Gasteiger partial charge in [-0.15, -0.1) is 0 Å². The van der Waals surface area contributed by atoms with Gasteiger partial charge in [-0.2, -0.15) is 5.26 Å². The van der Waals surface area contributed by atoms with Crippen molar-refractivity contribution in [3.63, 3.8) is 0 Å². The highest BCUT2D eigenvalue weighted by molar-refractivity contribution is 9.11. The number of rotatable bonds is 17. The predicted octanol–water partition coefficient (Wildman–Crippen LogP) is 20.2. The first-order chi connectivity index (χ1) is 42.0. The number of halogens is 8. The van der Waals surface area contributed by atoms with Crippen LogP contribution in [0, 0.1) is 45.9 Å². The summed E-state index contributed by atoms with van der Waals surface area (Å²) in [5, 5.41) is 6.74. The predicted molar refractivity (Wildman–Crippen MR) is 378 cm³/mol. The summed E-state index contributed by atoms with van der Waals surface area (Å²) in [6.45, 7) is 14.7. The zero-order valence-electron chi connectivity index (χ0n) is 51.5. The van der Waals surface area contributed by atoms with Crippen LogP contribution in [0.1, 0.15) is 125 Å². The van der Waals surface area contributed by atoms with Gasteiger partial charge >= 0.3 is 5.20 Å². The van der Waals surface area contributed by atoms with Crippen molar-refractivity contribution in [2.75, 3.05) is 28.4 Å². The van der Waals surface area contributed by atoms with Gasteiger partial charge in [0.2, 0.25) is 0 Å². The maximum Gasteiger partial charge on any atom is 0.339 e. The molecule has 8 aromatic rings. The van der Waals surface area contributed by atoms with Crippen LogP contribution in [0.3, 0.4) is 0 Å². The maximum absolute atomic E-state index is 11.6. The van der Waals surface area contributed by atoms with E-state index in [1.165, 1.54) is 51.4 Å². The number of Topliss-reactive ketones (excluding diaryl/α,β-unsaturated/α-hetero) is 3. The van der Waals surface area contributed by atoms with Crippen LogP contribution < -0.4 is 18.9 Å². The van der Waals surface area contributed by atoms with Crippen LogP contribution in [0.15, 0.2) is 140 Å². The van der Waals surface area contributed by atoms with Crippen molar-refractivity contribution in [1.29, 1.82) is 5.26 Å². The second kappa shape index (κ2) is 39.8. The molecular formula is C67H70Br5Cl3N5O8P. The van der Waals surface area contributed by atoms with E-state index in [2.05, 4.69) is 171 Å². The molecule has 0 saturated heterocycles. The number of aromatic nitrogens is 4. The molecule has 0 unspecified atom stereocenters. The normalized spacial score (nSPS) is 10.3. The molecule has 0 fully saturated rings. The average molecular weight is 1610 g/mol. The fraction of sp³-hybridized carbons (Fsp3) is 0.284. The zero-order chi connectivity index (χ0) is 66.5. The Bertz CT molecular complexity index is 3650. The summed E-state index contributed by atoms with van der Waals surface area (Å²) in [7, 11) is 6.70. The van der Waals surface area contributed by atoms with Crippen molar-refractivity contribution in [1.82, 2.24) is 19.9 Å². The minimum absolute atomic E-state index is 0.000627. The summed E-state index contributed by atoms with van der Waals surface area (Å²) < 4.78 is 34.1. The van der Waals surface area contributed by atoms with E-state index in [0.717, 1.165) is 107 Å². The lowest BCUT2D eigenvalue weighted by molar-refractivity contribution is 0.0999. The molecule has 13 nitrogen and oxygen atoms in total. The molecule has 0 spiro atoms. The molecule has 4 aromatic heterocycles. The van der Waals surface area contributed by atoms with Crippen LogP contribution in [0.2, 0.25) is 0 Å². The number of nitrogens with zero attached hydrogens (tertiary/aromatic N) is 5. The summed E-state index contributed by atoms with van der Waals surface area (Å²) in [6, 6.07) is 34.6. The Balaban J connectivity index is 0.000000291. The first-order valence-corrected chi connectivity index (χ1v) is 36.0. The van der Waals surface area contributed by atoms with Gasteiger partial charge in [0.1, 0.15) is 51.8 Å². The average Bonchev–Trinajstić information content (AvgIpc) is 3.68. The Morgan fingerprint density at radius 1 is 0.438 bits per heavy atom. The van der Waals surface area contributed by atoms with E-state index >= 15 is 0 Å². The molecular weight excluding hydrogens is 1540 g/mol. The van der Waals surface area contributed by atoms with Crippen molar-refractivity contribution in [3.8, 4) is 29.1 Å². The highest BCUT2D eigenvalue weighted by Crippen LogP contribution is 2.61. The molecule has 0 bridgehead atoms. The van der Waals surface area contributed by atoms with E-state index in [0.29, 0.717) is 22.8 Å². The van der Waals surface area contributed by atoms with Crippen LogP contribution in [0.25, 0.3) is 0 Å². The van der Waals surface area contributed by atoms with E-state index in [1.807, 2.05) is 100 Å². The first kappa shape index (κ1) is 77.9. The molecule has 0 radical (unpaired) electrons. The quantitative estimate of drug-likeness (QED) is 0.0478. The smallest absolute Gasteiger partial charge is 0.339 e. The standard InChI is InChI=1S/2C17H18BrNO2.C16H15BrN2O.C9H11BrO.C8H8BrNO.Cl3OP/c2*1-11-6-13(8-16(7-11)21-3)4-5-14-9-15(18)10-19-17(14)12(2)20;1-11-5-12(7-15(6-11)20-2)3-4-13-8-14(17)10-19-16(13)9-18;1-7-3-8(6-10)5-9(4-7)11-2;1-5-3-7(9)4-10-8(5)6(2)11;1-5(2,3)4/h2*6-10H,4-5H2,1-3H3;5-8,10H,3-4H2,1-2H3;3-5H,6H2,1-2H3;3-4H,1-2H3;. The van der Waals surface area contributed by atoms with Crippen molar-refractivity contribution < 1.29 is 37.9 Å². The lowest BCUT2D eigenvalue weighted by Gasteiger charge is -2.09. The summed E-state index contributed by atoms with van der Waals surface area (Å²) in [4.78, 5) is 50.7. The van der Waals surface area contributed by atoms with Crippen molar-refractivity contribution in [2.24, 2.45) is 0 Å². The summed E-state index contributed by atoms with van der Waals surface area (Å²) in [5.74, 6) is 3.54. The number of carbonyl (C=O) groups is 3. The van der Waals surface area contributed by atoms with Gasteiger partial charge in [0.15, 0.2) is 17.3 Å². The second-order valence-electron chi connectivity index (χ2n) is 20.0. The number of nitriles is 1. The third kappa shape index (κ3) is 30.1. The number of benzene rings is 4. The molecule has 22 heteroatoms. The van der Waals surface area contributed by atoms with Gasteiger partial charge in [0.05, 0.1) is 28.4 Å². The van der Waals surface area contributed by atoms with Crippen molar-refractivity contribution in [2.45, 2.75) is 99.2 Å². The molecule has 0 amide bonds. The number of alkyl halides is 1. The highest BCUT2D eigenvalue weighted by atomic mass is 79.9. The van der Waals surface area contributed by atoms with Crippen LogP contribution >= 0.6 is 119 Å². The third-order valence-corrected chi connectivity index (χ3v) is 14.9. The molecule has 4 aromatic carbocycles. The number of methoxy groups -OCH3 is 4. The number of pyridine rings is 4. The number of aryl methyl sites for hydroxylation is 11. The highest BCUT2D eigenvalue weighted by Gasteiger charge is 2.13. The van der Waals surface area contributed by atoms with E-state index in [9.17, 15) is 18.9 Å². The Morgan fingerprint density at radius 3 is 1.02 bits per heavy atom. The Labute approximate surface area is 579 Å². The number of carbonyl (C=O) groups excluding carboxylic acids is 3. The van der Waals surface area contributed by atoms with Crippen LogP contribution in [-0.4, -0.2) is 65.7 Å². The molecule has 0 aliphatic rings. The van der Waals surface area contributed by atoms with Gasteiger partial charge in [-0.25, -0.2) is 4.98 Å². The van der Waals surface area contributed by atoms with E-state index in [4.69, 9.17) is 24.2 Å².